The van der Waals surface area contributed by atoms with Crippen LogP contribution in [0.5, 0.6) is 23.0 Å². The lowest BCUT2D eigenvalue weighted by Gasteiger charge is -2.16. The van der Waals surface area contributed by atoms with Crippen molar-refractivity contribution in [3.63, 3.8) is 0 Å². The van der Waals surface area contributed by atoms with Crippen molar-refractivity contribution in [3.05, 3.63) is 190 Å². The fraction of sp³-hybridized carbons (Fsp3) is 0.0638. The quantitative estimate of drug-likeness (QED) is 0.131. The summed E-state index contributed by atoms with van der Waals surface area (Å²) in [4.78, 5) is 56.9. The van der Waals surface area contributed by atoms with Crippen molar-refractivity contribution in [2.24, 2.45) is 0 Å². The average molecular weight is 723 g/mol. The van der Waals surface area contributed by atoms with Crippen LogP contribution in [0.1, 0.15) is 77.5 Å². The van der Waals surface area contributed by atoms with Gasteiger partial charge in [0.2, 0.25) is 0 Å². The SMILES string of the molecule is CC=Cc1ccccc1Oc1cccc2c1C(=O)N(c1ccc(Cc3ccc(N4C(=O)c5cccc(Oc6ccccc6C=CC)c5C4=O)cc3)cc1)C2=O. The predicted molar refractivity (Wildman–Crippen MR) is 213 cm³/mol. The summed E-state index contributed by atoms with van der Waals surface area (Å²) in [6.45, 7) is 3.83. The van der Waals surface area contributed by atoms with E-state index in [0.29, 0.717) is 40.8 Å². The summed E-state index contributed by atoms with van der Waals surface area (Å²) in [7, 11) is 0. The molecule has 0 atom stereocenters. The molecule has 2 aliphatic heterocycles. The number of carbonyl (C=O) groups excluding carboxylic acids is 4. The number of amides is 4. The number of allylic oxidation sites excluding steroid dienone is 2. The fourth-order valence-corrected chi connectivity index (χ4v) is 6.93. The van der Waals surface area contributed by atoms with Gasteiger partial charge in [0.15, 0.2) is 0 Å². The minimum Gasteiger partial charge on any atom is -0.456 e. The first-order valence-electron chi connectivity index (χ1n) is 17.9. The lowest BCUT2D eigenvalue weighted by Crippen LogP contribution is -2.29. The molecule has 0 saturated carbocycles. The Bertz CT molecular complexity index is 2390. The van der Waals surface area contributed by atoms with Gasteiger partial charge in [-0.25, -0.2) is 9.80 Å². The van der Waals surface area contributed by atoms with Crippen LogP contribution in [0.2, 0.25) is 0 Å². The highest BCUT2D eigenvalue weighted by Gasteiger charge is 2.40. The molecule has 0 unspecified atom stereocenters. The lowest BCUT2D eigenvalue weighted by molar-refractivity contribution is 0.0909. The van der Waals surface area contributed by atoms with Crippen molar-refractivity contribution in [1.82, 2.24) is 0 Å². The van der Waals surface area contributed by atoms with Crippen LogP contribution >= 0.6 is 0 Å². The van der Waals surface area contributed by atoms with Gasteiger partial charge in [-0.1, -0.05) is 97.1 Å². The average Bonchev–Trinajstić information content (AvgIpc) is 3.62. The van der Waals surface area contributed by atoms with Gasteiger partial charge in [0.05, 0.1) is 33.6 Å². The smallest absolute Gasteiger partial charge is 0.269 e. The van der Waals surface area contributed by atoms with E-state index in [2.05, 4.69) is 0 Å². The maximum absolute atomic E-state index is 13.8. The molecule has 0 N–H and O–H groups in total. The van der Waals surface area contributed by atoms with E-state index in [9.17, 15) is 19.2 Å². The molecule has 268 valence electrons. The first kappa shape index (κ1) is 34.7. The molecule has 2 heterocycles. The van der Waals surface area contributed by atoms with Crippen LogP contribution in [-0.2, 0) is 6.42 Å². The Hall–Kier alpha value is -7.32. The van der Waals surface area contributed by atoms with Crippen LogP contribution in [0, 0.1) is 0 Å². The largest absolute Gasteiger partial charge is 0.456 e. The number of nitrogens with zero attached hydrogens (tertiary/aromatic N) is 2. The van der Waals surface area contributed by atoms with Crippen molar-refractivity contribution in [1.29, 1.82) is 0 Å². The second-order valence-electron chi connectivity index (χ2n) is 13.0. The van der Waals surface area contributed by atoms with Gasteiger partial charge in [-0.15, -0.1) is 0 Å². The summed E-state index contributed by atoms with van der Waals surface area (Å²) in [6.07, 6.45) is 8.19. The number of hydrogen-bond acceptors (Lipinski definition) is 6. The van der Waals surface area contributed by atoms with E-state index in [-0.39, 0.29) is 22.3 Å². The highest BCUT2D eigenvalue weighted by atomic mass is 16.5. The summed E-state index contributed by atoms with van der Waals surface area (Å²) in [5, 5.41) is 0. The fourth-order valence-electron chi connectivity index (χ4n) is 6.93. The first-order chi connectivity index (χ1) is 26.9. The molecule has 8 nitrogen and oxygen atoms in total. The normalized spacial score (nSPS) is 13.6. The molecule has 4 amide bonds. The summed E-state index contributed by atoms with van der Waals surface area (Å²) >= 11 is 0. The molecule has 8 rings (SSSR count). The van der Waals surface area contributed by atoms with E-state index in [1.54, 1.807) is 60.7 Å². The molecule has 8 heteroatoms. The Kier molecular flexibility index (Phi) is 9.22. The van der Waals surface area contributed by atoms with Gasteiger partial charge in [-0.2, -0.15) is 0 Å². The standard InChI is InChI=1S/C47H34N2O6/c1-3-11-32-13-5-7-17-38(32)54-40-19-9-15-36-42(40)46(52)48(44(36)50)34-25-21-30(22-26-34)29-31-23-27-35(28-24-31)49-45(51)37-16-10-20-41(43(37)47(49)53)55-39-18-8-6-14-33(39)12-4-2/h3-28H,29H2,1-2H3. The van der Waals surface area contributed by atoms with E-state index in [0.717, 1.165) is 22.3 Å². The van der Waals surface area contributed by atoms with Gasteiger partial charge < -0.3 is 9.47 Å². The number of carbonyl (C=O) groups is 4. The predicted octanol–water partition coefficient (Wildman–Crippen LogP) is 10.5. The van der Waals surface area contributed by atoms with Crippen molar-refractivity contribution >= 4 is 47.2 Å². The maximum atomic E-state index is 13.8. The van der Waals surface area contributed by atoms with E-state index < -0.39 is 23.6 Å². The Morgan fingerprint density at radius 1 is 0.436 bits per heavy atom. The molecular weight excluding hydrogens is 689 g/mol. The van der Waals surface area contributed by atoms with Gasteiger partial charge in [0, 0.05) is 11.1 Å². The Morgan fingerprint density at radius 2 is 0.818 bits per heavy atom. The zero-order valence-electron chi connectivity index (χ0n) is 30.1. The summed E-state index contributed by atoms with van der Waals surface area (Å²) in [5.41, 5.74) is 5.51. The van der Waals surface area contributed by atoms with Crippen molar-refractivity contribution in [3.8, 4) is 23.0 Å². The number of para-hydroxylation sites is 2. The number of benzene rings is 6. The Morgan fingerprint density at radius 3 is 1.22 bits per heavy atom. The third-order valence-corrected chi connectivity index (χ3v) is 9.52. The molecule has 0 aromatic heterocycles. The highest BCUT2D eigenvalue weighted by Crippen LogP contribution is 2.39. The third-order valence-electron chi connectivity index (χ3n) is 9.52. The molecule has 2 aliphatic rings. The zero-order chi connectivity index (χ0) is 38.1. The van der Waals surface area contributed by atoms with Crippen molar-refractivity contribution in [2.45, 2.75) is 20.3 Å². The van der Waals surface area contributed by atoms with E-state index in [1.807, 2.05) is 111 Å². The number of imide groups is 2. The molecule has 0 radical (unpaired) electrons. The summed E-state index contributed by atoms with van der Waals surface area (Å²) < 4.78 is 12.4. The van der Waals surface area contributed by atoms with Crippen LogP contribution < -0.4 is 19.3 Å². The van der Waals surface area contributed by atoms with Crippen LogP contribution in [-0.4, -0.2) is 23.6 Å². The molecular formula is C47H34N2O6. The first-order valence-corrected chi connectivity index (χ1v) is 17.9. The van der Waals surface area contributed by atoms with E-state index >= 15 is 0 Å². The molecule has 0 saturated heterocycles. The monoisotopic (exact) mass is 722 g/mol. The van der Waals surface area contributed by atoms with Gasteiger partial charge in [-0.05, 0) is 92.1 Å². The maximum Gasteiger partial charge on any atom is 0.269 e. The number of anilines is 2. The van der Waals surface area contributed by atoms with Crippen molar-refractivity contribution < 1.29 is 28.7 Å². The van der Waals surface area contributed by atoms with E-state index in [4.69, 9.17) is 9.47 Å². The van der Waals surface area contributed by atoms with Crippen molar-refractivity contribution in [2.75, 3.05) is 9.80 Å². The van der Waals surface area contributed by atoms with Crippen LogP contribution in [0.15, 0.2) is 146 Å². The number of hydrogen-bond donors (Lipinski definition) is 0. The van der Waals surface area contributed by atoms with Crippen LogP contribution in [0.4, 0.5) is 11.4 Å². The highest BCUT2D eigenvalue weighted by molar-refractivity contribution is 6.36. The van der Waals surface area contributed by atoms with Gasteiger partial charge in [-0.3, -0.25) is 19.2 Å². The number of rotatable bonds is 10. The molecule has 6 aromatic rings. The third kappa shape index (κ3) is 6.40. The zero-order valence-corrected chi connectivity index (χ0v) is 30.1. The summed E-state index contributed by atoms with van der Waals surface area (Å²) in [6, 6.07) is 39.6. The lowest BCUT2D eigenvalue weighted by atomic mass is 10.0. The molecule has 0 bridgehead atoms. The molecule has 6 aromatic carbocycles. The number of ether oxygens (including phenoxy) is 2. The van der Waals surface area contributed by atoms with Gasteiger partial charge in [0.1, 0.15) is 23.0 Å². The Balaban J connectivity index is 0.969. The van der Waals surface area contributed by atoms with E-state index in [1.165, 1.54) is 9.80 Å². The molecule has 55 heavy (non-hydrogen) atoms. The summed E-state index contributed by atoms with van der Waals surface area (Å²) in [5.74, 6) is 0.0556. The van der Waals surface area contributed by atoms with Gasteiger partial charge >= 0.3 is 0 Å². The van der Waals surface area contributed by atoms with Crippen LogP contribution in [0.25, 0.3) is 12.2 Å². The topological polar surface area (TPSA) is 93.2 Å². The number of fused-ring (bicyclic) bond motifs is 2. The molecule has 0 fully saturated rings. The minimum atomic E-state index is -0.451. The Labute approximate surface area is 318 Å². The van der Waals surface area contributed by atoms with Gasteiger partial charge in [0.25, 0.3) is 23.6 Å². The molecule has 0 spiro atoms. The second-order valence-corrected chi connectivity index (χ2v) is 13.0. The second kappa shape index (κ2) is 14.6. The minimum absolute atomic E-state index is 0.225. The van der Waals surface area contributed by atoms with Crippen LogP contribution in [0.3, 0.4) is 0 Å². The molecule has 0 aliphatic carbocycles.